The summed E-state index contributed by atoms with van der Waals surface area (Å²) in [6.45, 7) is 2.01. The third kappa shape index (κ3) is 3.43. The number of hydrogen-bond donors (Lipinski definition) is 1. The van der Waals surface area contributed by atoms with Crippen molar-refractivity contribution in [1.29, 1.82) is 0 Å². The van der Waals surface area contributed by atoms with Crippen molar-refractivity contribution in [2.45, 2.75) is 25.3 Å². The number of nitrogens with zero attached hydrogens (tertiary/aromatic N) is 6. The van der Waals surface area contributed by atoms with Gasteiger partial charge in [-0.3, -0.25) is 0 Å². The molecule has 1 fully saturated rings. The lowest BCUT2D eigenvalue weighted by Crippen LogP contribution is -2.45. The molecule has 1 aliphatic heterocycles. The molecular formula is C22H25N7O. The fraction of sp³-hybridized carbons (Fsp3) is 0.364. The maximum Gasteiger partial charge on any atom is 0.313 e. The predicted octanol–water partition coefficient (Wildman–Crippen LogP) is 2.63. The number of nitrogen functional groups attached to an aromatic ring is 1. The minimum absolute atomic E-state index is 0.0647. The maximum atomic E-state index is 5.58. The van der Waals surface area contributed by atoms with E-state index in [2.05, 4.69) is 57.3 Å². The summed E-state index contributed by atoms with van der Waals surface area (Å²) in [5.74, 6) is 2.15. The molecule has 8 nitrogen and oxygen atoms in total. The predicted molar refractivity (Wildman–Crippen MR) is 116 cm³/mol. The van der Waals surface area contributed by atoms with E-state index in [0.29, 0.717) is 11.9 Å². The number of rotatable bonds is 4. The Hall–Kier alpha value is -3.26. The van der Waals surface area contributed by atoms with Gasteiger partial charge in [0.2, 0.25) is 5.89 Å². The van der Waals surface area contributed by atoms with Crippen LogP contribution in [0.4, 0.5) is 11.8 Å². The number of piperidine rings is 1. The Morgan fingerprint density at radius 1 is 1.20 bits per heavy atom. The molecule has 2 aromatic heterocycles. The normalized spacial score (nSPS) is 18.6. The topological polar surface area (TPSA) is 97.2 Å². The number of fused-ring (bicyclic) bond motifs is 1. The smallest absolute Gasteiger partial charge is 0.313 e. The highest BCUT2D eigenvalue weighted by atomic mass is 16.4. The number of hydrogen-bond acceptors (Lipinski definition) is 8. The Morgan fingerprint density at radius 3 is 2.90 bits per heavy atom. The summed E-state index contributed by atoms with van der Waals surface area (Å²) in [6, 6.07) is 8.75. The first-order chi connectivity index (χ1) is 14.6. The molecule has 30 heavy (non-hydrogen) atoms. The van der Waals surface area contributed by atoms with Gasteiger partial charge in [-0.05, 0) is 62.7 Å². The van der Waals surface area contributed by atoms with Gasteiger partial charge in [0, 0.05) is 36.5 Å². The van der Waals surface area contributed by atoms with Crippen molar-refractivity contribution in [2.75, 3.05) is 37.8 Å². The summed E-state index contributed by atoms with van der Waals surface area (Å²) in [5, 5.41) is 7.76. The summed E-state index contributed by atoms with van der Waals surface area (Å²) in [7, 11) is 4.29. The van der Waals surface area contributed by atoms with Crippen molar-refractivity contribution in [1.82, 2.24) is 25.1 Å². The Morgan fingerprint density at radius 2 is 2.10 bits per heavy atom. The zero-order valence-electron chi connectivity index (χ0n) is 17.2. The largest absolute Gasteiger partial charge is 0.404 e. The van der Waals surface area contributed by atoms with Crippen LogP contribution in [0.25, 0.3) is 17.0 Å². The minimum atomic E-state index is 0.0647. The van der Waals surface area contributed by atoms with Gasteiger partial charge in [0.25, 0.3) is 0 Å². The van der Waals surface area contributed by atoms with Gasteiger partial charge in [0.1, 0.15) is 5.82 Å². The summed E-state index contributed by atoms with van der Waals surface area (Å²) in [4.78, 5) is 14.2. The molecule has 1 atom stereocenters. The molecule has 5 rings (SSSR count). The second-order valence-electron chi connectivity index (χ2n) is 8.08. The molecule has 0 unspecified atom stereocenters. The van der Waals surface area contributed by atoms with Crippen molar-refractivity contribution in [3.8, 4) is 11.5 Å². The van der Waals surface area contributed by atoms with Gasteiger partial charge < -0.3 is 20.0 Å². The molecule has 0 spiro atoms. The molecule has 154 valence electrons. The van der Waals surface area contributed by atoms with Crippen LogP contribution in [-0.2, 0) is 6.42 Å². The van der Waals surface area contributed by atoms with Crippen LogP contribution in [0.3, 0.4) is 0 Å². The van der Waals surface area contributed by atoms with E-state index in [1.807, 2.05) is 18.3 Å². The van der Waals surface area contributed by atoms with Crippen LogP contribution in [-0.4, -0.2) is 58.3 Å². The summed E-state index contributed by atoms with van der Waals surface area (Å²) >= 11 is 0. The maximum absolute atomic E-state index is 5.58. The highest BCUT2D eigenvalue weighted by Gasteiger charge is 2.24. The molecule has 1 aliphatic carbocycles. The second kappa shape index (κ2) is 7.53. The van der Waals surface area contributed by atoms with Gasteiger partial charge in [0.15, 0.2) is 5.82 Å². The first-order valence-corrected chi connectivity index (χ1v) is 10.3. The minimum Gasteiger partial charge on any atom is -0.404 e. The Kier molecular flexibility index (Phi) is 4.71. The molecule has 0 amide bonds. The fourth-order valence-electron chi connectivity index (χ4n) is 4.26. The van der Waals surface area contributed by atoms with Crippen molar-refractivity contribution < 1.29 is 4.42 Å². The number of allylic oxidation sites excluding steroid dienone is 1. The van der Waals surface area contributed by atoms with Crippen LogP contribution >= 0.6 is 0 Å². The SMILES string of the molecule is CN(C)[C@H]1CCCN(c2ccnc(C3=CCc4ccc(-c5nnc(N)o5)cc43)n2)C1. The van der Waals surface area contributed by atoms with E-state index in [4.69, 9.17) is 15.1 Å². The summed E-state index contributed by atoms with van der Waals surface area (Å²) < 4.78 is 5.39. The van der Waals surface area contributed by atoms with Crippen LogP contribution in [0, 0.1) is 0 Å². The molecular weight excluding hydrogens is 378 g/mol. The first kappa shape index (κ1) is 18.7. The Bertz CT molecular complexity index is 1100. The van der Waals surface area contributed by atoms with Crippen LogP contribution in [0.5, 0.6) is 0 Å². The molecule has 2 N–H and O–H groups in total. The molecule has 8 heteroatoms. The van der Waals surface area contributed by atoms with Crippen LogP contribution in [0.1, 0.15) is 29.8 Å². The van der Waals surface area contributed by atoms with E-state index in [0.717, 1.165) is 47.9 Å². The molecule has 1 saturated heterocycles. The fourth-order valence-corrected chi connectivity index (χ4v) is 4.26. The van der Waals surface area contributed by atoms with Crippen molar-refractivity contribution in [3.05, 3.63) is 53.5 Å². The lowest BCUT2D eigenvalue weighted by Gasteiger charge is -2.36. The molecule has 3 aromatic rings. The molecule has 3 heterocycles. The molecule has 0 radical (unpaired) electrons. The molecule has 0 saturated carbocycles. The summed E-state index contributed by atoms with van der Waals surface area (Å²) in [5.41, 5.74) is 9.81. The third-order valence-corrected chi connectivity index (χ3v) is 5.95. The van der Waals surface area contributed by atoms with Gasteiger partial charge in [-0.25, -0.2) is 9.97 Å². The Balaban J connectivity index is 1.45. The lowest BCUT2D eigenvalue weighted by molar-refractivity contribution is 0.257. The second-order valence-corrected chi connectivity index (χ2v) is 8.08. The van der Waals surface area contributed by atoms with E-state index in [1.165, 1.54) is 18.4 Å². The van der Waals surface area contributed by atoms with Gasteiger partial charge in [-0.2, -0.15) is 0 Å². The van der Waals surface area contributed by atoms with Crippen LogP contribution in [0.15, 0.2) is 41.0 Å². The molecule has 2 aliphatic rings. The van der Waals surface area contributed by atoms with Crippen LogP contribution in [0.2, 0.25) is 0 Å². The van der Waals surface area contributed by atoms with Crippen molar-refractivity contribution in [2.24, 2.45) is 0 Å². The highest BCUT2D eigenvalue weighted by Crippen LogP contribution is 2.35. The van der Waals surface area contributed by atoms with Crippen molar-refractivity contribution in [3.63, 3.8) is 0 Å². The van der Waals surface area contributed by atoms with Gasteiger partial charge in [-0.1, -0.05) is 17.2 Å². The van der Waals surface area contributed by atoms with Gasteiger partial charge >= 0.3 is 6.01 Å². The molecule has 1 aromatic carbocycles. The van der Waals surface area contributed by atoms with Gasteiger partial charge in [-0.15, -0.1) is 5.10 Å². The number of benzene rings is 1. The number of anilines is 2. The summed E-state index contributed by atoms with van der Waals surface area (Å²) in [6.07, 6.45) is 7.30. The highest BCUT2D eigenvalue weighted by molar-refractivity contribution is 5.84. The quantitative estimate of drug-likeness (QED) is 0.710. The first-order valence-electron chi connectivity index (χ1n) is 10.3. The van der Waals surface area contributed by atoms with E-state index in [-0.39, 0.29) is 6.01 Å². The third-order valence-electron chi connectivity index (χ3n) is 5.95. The zero-order valence-corrected chi connectivity index (χ0v) is 17.2. The average Bonchev–Trinajstić information content (AvgIpc) is 3.39. The van der Waals surface area contributed by atoms with Crippen LogP contribution < -0.4 is 10.6 Å². The van der Waals surface area contributed by atoms with E-state index < -0.39 is 0 Å². The van der Waals surface area contributed by atoms with E-state index in [1.54, 1.807) is 0 Å². The number of likely N-dealkylation sites (N-methyl/N-ethyl adjacent to an activating group) is 1. The number of aromatic nitrogens is 4. The zero-order chi connectivity index (χ0) is 20.7. The number of nitrogens with two attached hydrogens (primary N) is 1. The Labute approximate surface area is 175 Å². The lowest BCUT2D eigenvalue weighted by atomic mass is 10.0. The molecule has 0 bridgehead atoms. The average molecular weight is 403 g/mol. The monoisotopic (exact) mass is 403 g/mol. The van der Waals surface area contributed by atoms with E-state index in [9.17, 15) is 0 Å². The van der Waals surface area contributed by atoms with Crippen molar-refractivity contribution >= 4 is 17.4 Å². The van der Waals surface area contributed by atoms with E-state index >= 15 is 0 Å². The standard InChI is InChI=1S/C22H25N7O/c1-28(2)16-4-3-11-29(13-16)19-9-10-24-20(25-19)17-8-7-14-5-6-15(12-18(14)17)21-26-27-22(23)30-21/h5-6,8-10,12,16H,3-4,7,11,13H2,1-2H3,(H2,23,27)/t16-/m0/s1. The van der Waals surface area contributed by atoms with Gasteiger partial charge in [0.05, 0.1) is 0 Å².